The molecule has 1 N–H and O–H groups in total. The van der Waals surface area contributed by atoms with Crippen LogP contribution in [0.4, 0.5) is 5.69 Å². The molecule has 1 fully saturated rings. The van der Waals surface area contributed by atoms with E-state index in [1.54, 1.807) is 0 Å². The van der Waals surface area contributed by atoms with Crippen molar-refractivity contribution >= 4 is 11.6 Å². The van der Waals surface area contributed by atoms with Crippen LogP contribution in [0.15, 0.2) is 59.1 Å². The fourth-order valence-corrected chi connectivity index (χ4v) is 3.80. The zero-order chi connectivity index (χ0) is 20.6. The van der Waals surface area contributed by atoms with E-state index >= 15 is 0 Å². The molecular weight excluding hydrogens is 376 g/mol. The van der Waals surface area contributed by atoms with Gasteiger partial charge in [-0.1, -0.05) is 48.3 Å². The first-order valence-corrected chi connectivity index (χ1v) is 10.8. The maximum atomic E-state index is 12.3. The maximum Gasteiger partial charge on any atom is 0.316 e. The minimum atomic E-state index is -0.331. The van der Waals surface area contributed by atoms with E-state index in [1.807, 2.05) is 30.3 Å². The number of hydrogen-bond donors (Lipinski definition) is 1. The first kappa shape index (κ1) is 20.1. The lowest BCUT2D eigenvalue weighted by atomic mass is 10.1. The summed E-state index contributed by atoms with van der Waals surface area (Å²) in [4.78, 5) is 19.0. The molecule has 0 radical (unpaired) electrons. The number of aryl methyl sites for hydroxylation is 1. The van der Waals surface area contributed by atoms with Gasteiger partial charge in [-0.25, -0.2) is 0 Å². The molecule has 0 spiro atoms. The van der Waals surface area contributed by atoms with Gasteiger partial charge in [0.05, 0.1) is 0 Å². The molecule has 1 amide bonds. The summed E-state index contributed by atoms with van der Waals surface area (Å²) < 4.78 is 5.18. The average Bonchev–Trinajstić information content (AvgIpc) is 3.13. The van der Waals surface area contributed by atoms with Crippen molar-refractivity contribution in [1.29, 1.82) is 0 Å². The lowest BCUT2D eigenvalue weighted by Gasteiger charge is -2.22. The topological polar surface area (TPSA) is 71.3 Å². The number of nitrogens with zero attached hydrogens (tertiary/aromatic N) is 3. The molecule has 6 heteroatoms. The molecule has 6 nitrogen and oxygen atoms in total. The molecule has 2 heterocycles. The molecule has 4 rings (SSSR count). The molecule has 1 aromatic heterocycles. The van der Waals surface area contributed by atoms with Gasteiger partial charge < -0.3 is 14.7 Å². The summed E-state index contributed by atoms with van der Waals surface area (Å²) in [7, 11) is 0. The molecular formula is C24H28N4O2. The van der Waals surface area contributed by atoms with Crippen molar-refractivity contribution in [2.24, 2.45) is 0 Å². The van der Waals surface area contributed by atoms with E-state index in [1.165, 1.54) is 36.9 Å². The van der Waals surface area contributed by atoms with Gasteiger partial charge >= 0.3 is 11.8 Å². The Hall–Kier alpha value is -3.15. The van der Waals surface area contributed by atoms with Gasteiger partial charge in [-0.15, -0.1) is 0 Å². The number of hydrogen-bond acceptors (Lipinski definition) is 5. The summed E-state index contributed by atoms with van der Waals surface area (Å²) in [5, 5.41) is 6.83. The van der Waals surface area contributed by atoms with Crippen molar-refractivity contribution in [3.05, 3.63) is 66.1 Å². The SMILES string of the molecule is O=C(NCCCc1ccccc1)c1nc(-c2ccc(N3CCCCCC3)cc2)no1. The molecule has 0 bridgehead atoms. The van der Waals surface area contributed by atoms with Crippen molar-refractivity contribution in [2.45, 2.75) is 38.5 Å². The molecule has 0 unspecified atom stereocenters. The fourth-order valence-electron chi connectivity index (χ4n) is 3.80. The summed E-state index contributed by atoms with van der Waals surface area (Å²) >= 11 is 0. The Morgan fingerprint density at radius 2 is 1.70 bits per heavy atom. The summed E-state index contributed by atoms with van der Waals surface area (Å²) in [5.41, 5.74) is 3.33. The van der Waals surface area contributed by atoms with Gasteiger partial charge in [0, 0.05) is 30.9 Å². The van der Waals surface area contributed by atoms with Gasteiger partial charge in [-0.2, -0.15) is 4.98 Å². The first-order valence-electron chi connectivity index (χ1n) is 10.8. The fraction of sp³-hybridized carbons (Fsp3) is 0.375. The Kier molecular flexibility index (Phi) is 6.75. The molecule has 3 aromatic rings. The Balaban J connectivity index is 1.30. The van der Waals surface area contributed by atoms with Crippen LogP contribution < -0.4 is 10.2 Å². The van der Waals surface area contributed by atoms with E-state index in [9.17, 15) is 4.79 Å². The highest BCUT2D eigenvalue weighted by molar-refractivity contribution is 5.89. The van der Waals surface area contributed by atoms with E-state index in [4.69, 9.17) is 4.52 Å². The second-order valence-electron chi connectivity index (χ2n) is 7.72. The van der Waals surface area contributed by atoms with Crippen LogP contribution in [-0.2, 0) is 6.42 Å². The molecule has 0 atom stereocenters. The van der Waals surface area contributed by atoms with E-state index in [-0.39, 0.29) is 11.8 Å². The van der Waals surface area contributed by atoms with Gasteiger partial charge in [0.25, 0.3) is 0 Å². The van der Waals surface area contributed by atoms with E-state index in [2.05, 4.69) is 44.6 Å². The Morgan fingerprint density at radius 1 is 0.967 bits per heavy atom. The van der Waals surface area contributed by atoms with Crippen molar-refractivity contribution in [3.8, 4) is 11.4 Å². The molecule has 0 saturated carbocycles. The smallest absolute Gasteiger partial charge is 0.316 e. The summed E-state index contributed by atoms with van der Waals surface area (Å²) in [5.74, 6) is 0.108. The zero-order valence-electron chi connectivity index (χ0n) is 17.2. The maximum absolute atomic E-state index is 12.3. The molecule has 156 valence electrons. The minimum Gasteiger partial charge on any atom is -0.372 e. The Morgan fingerprint density at radius 3 is 2.43 bits per heavy atom. The number of carbonyl (C=O) groups is 1. The normalized spacial score (nSPS) is 14.3. The number of carbonyl (C=O) groups excluding carboxylic acids is 1. The predicted octanol–water partition coefficient (Wildman–Crippen LogP) is 4.48. The predicted molar refractivity (Wildman–Crippen MR) is 118 cm³/mol. The van der Waals surface area contributed by atoms with Crippen LogP contribution in [0.1, 0.15) is 48.4 Å². The second kappa shape index (κ2) is 10.1. The zero-order valence-corrected chi connectivity index (χ0v) is 17.2. The number of amides is 1. The van der Waals surface area contributed by atoms with Crippen molar-refractivity contribution in [1.82, 2.24) is 15.5 Å². The number of anilines is 1. The van der Waals surface area contributed by atoms with Crippen LogP contribution in [0.3, 0.4) is 0 Å². The van der Waals surface area contributed by atoms with Gasteiger partial charge in [0.1, 0.15) is 0 Å². The lowest BCUT2D eigenvalue weighted by molar-refractivity contribution is 0.0909. The average molecular weight is 405 g/mol. The van der Waals surface area contributed by atoms with E-state index in [0.29, 0.717) is 12.4 Å². The van der Waals surface area contributed by atoms with Crippen LogP contribution in [0.5, 0.6) is 0 Å². The van der Waals surface area contributed by atoms with Gasteiger partial charge in [-0.3, -0.25) is 4.79 Å². The molecule has 1 aliphatic heterocycles. The van der Waals surface area contributed by atoms with Crippen LogP contribution >= 0.6 is 0 Å². The minimum absolute atomic E-state index is 0.00121. The van der Waals surface area contributed by atoms with Crippen LogP contribution in [0.2, 0.25) is 0 Å². The summed E-state index contributed by atoms with van der Waals surface area (Å²) in [6.07, 6.45) is 6.89. The third-order valence-electron chi connectivity index (χ3n) is 5.49. The third kappa shape index (κ3) is 5.26. The van der Waals surface area contributed by atoms with Crippen molar-refractivity contribution in [3.63, 3.8) is 0 Å². The van der Waals surface area contributed by atoms with Crippen LogP contribution in [-0.4, -0.2) is 35.7 Å². The van der Waals surface area contributed by atoms with Crippen molar-refractivity contribution < 1.29 is 9.32 Å². The largest absolute Gasteiger partial charge is 0.372 e. The highest BCUT2D eigenvalue weighted by Gasteiger charge is 2.16. The van der Waals surface area contributed by atoms with Crippen molar-refractivity contribution in [2.75, 3.05) is 24.5 Å². The quantitative estimate of drug-likeness (QED) is 0.588. The van der Waals surface area contributed by atoms with Gasteiger partial charge in [-0.05, 0) is 55.5 Å². The Bertz CT molecular complexity index is 929. The highest BCUT2D eigenvalue weighted by Crippen LogP contribution is 2.23. The van der Waals surface area contributed by atoms with Gasteiger partial charge in [0.15, 0.2) is 0 Å². The van der Waals surface area contributed by atoms with Crippen LogP contribution in [0.25, 0.3) is 11.4 Å². The third-order valence-corrected chi connectivity index (χ3v) is 5.49. The molecule has 1 saturated heterocycles. The first-order chi connectivity index (χ1) is 14.8. The number of nitrogens with one attached hydrogen (secondary N) is 1. The standard InChI is InChI=1S/C24H28N4O2/c29-23(25-16-8-11-19-9-4-3-5-10-19)24-26-22(27-30-24)20-12-14-21(15-13-20)28-17-6-1-2-7-18-28/h3-5,9-10,12-15H,1-2,6-8,11,16-18H2,(H,25,29). The molecule has 30 heavy (non-hydrogen) atoms. The highest BCUT2D eigenvalue weighted by atomic mass is 16.5. The lowest BCUT2D eigenvalue weighted by Crippen LogP contribution is -2.25. The monoisotopic (exact) mass is 404 g/mol. The number of aromatic nitrogens is 2. The van der Waals surface area contributed by atoms with Crippen LogP contribution in [0, 0.1) is 0 Å². The summed E-state index contributed by atoms with van der Waals surface area (Å²) in [6.45, 7) is 2.78. The van der Waals surface area contributed by atoms with Gasteiger partial charge in [0.2, 0.25) is 5.82 Å². The van der Waals surface area contributed by atoms with E-state index < -0.39 is 0 Å². The number of benzene rings is 2. The van der Waals surface area contributed by atoms with E-state index in [0.717, 1.165) is 31.5 Å². The molecule has 0 aliphatic carbocycles. The number of rotatable bonds is 7. The Labute approximate surface area is 177 Å². The molecule has 1 aliphatic rings. The molecule has 2 aromatic carbocycles. The summed E-state index contributed by atoms with van der Waals surface area (Å²) in [6, 6.07) is 18.4. The second-order valence-corrected chi connectivity index (χ2v) is 7.72.